The van der Waals surface area contributed by atoms with Gasteiger partial charge in [0, 0.05) is 10.8 Å². The summed E-state index contributed by atoms with van der Waals surface area (Å²) in [6, 6.07) is 6.23. The molecule has 1 aromatic heterocycles. The molecular formula is C20H24O4S. The van der Waals surface area contributed by atoms with Gasteiger partial charge in [-0.2, -0.15) is 0 Å². The molecule has 25 heavy (non-hydrogen) atoms. The fourth-order valence-corrected chi connectivity index (χ4v) is 5.28. The van der Waals surface area contributed by atoms with Crippen molar-refractivity contribution in [3.63, 3.8) is 0 Å². The lowest BCUT2D eigenvalue weighted by atomic mass is 9.80. The van der Waals surface area contributed by atoms with E-state index in [1.807, 2.05) is 23.5 Å². The number of hydrogen-bond acceptors (Lipinski definition) is 5. The van der Waals surface area contributed by atoms with Gasteiger partial charge in [-0.3, -0.25) is 0 Å². The van der Waals surface area contributed by atoms with E-state index >= 15 is 0 Å². The first-order valence-electron chi connectivity index (χ1n) is 8.79. The number of methoxy groups -OCH3 is 3. The molecule has 2 heterocycles. The number of benzene rings is 1. The molecule has 0 spiro atoms. The normalized spacial score (nSPS) is 25.0. The topological polar surface area (TPSA) is 36.9 Å². The minimum Gasteiger partial charge on any atom is -0.493 e. The summed E-state index contributed by atoms with van der Waals surface area (Å²) < 4.78 is 23.1. The van der Waals surface area contributed by atoms with E-state index in [1.165, 1.54) is 29.7 Å². The second-order valence-corrected chi connectivity index (χ2v) is 7.59. The third-order valence-electron chi connectivity index (χ3n) is 5.35. The van der Waals surface area contributed by atoms with Crippen molar-refractivity contribution in [2.75, 3.05) is 21.3 Å². The van der Waals surface area contributed by atoms with E-state index in [0.717, 1.165) is 12.0 Å². The lowest BCUT2D eigenvalue weighted by Gasteiger charge is -2.39. The summed E-state index contributed by atoms with van der Waals surface area (Å²) in [6.45, 7) is 0. The molecule has 2 aliphatic rings. The molecule has 1 fully saturated rings. The Morgan fingerprint density at radius 1 is 1.00 bits per heavy atom. The Morgan fingerprint density at radius 2 is 1.72 bits per heavy atom. The van der Waals surface area contributed by atoms with Gasteiger partial charge in [-0.25, -0.2) is 0 Å². The number of hydrogen-bond donors (Lipinski definition) is 0. The zero-order valence-corrected chi connectivity index (χ0v) is 15.7. The molecule has 1 aromatic carbocycles. The predicted molar refractivity (Wildman–Crippen MR) is 98.3 cm³/mol. The average molecular weight is 360 g/mol. The van der Waals surface area contributed by atoms with E-state index in [-0.39, 0.29) is 6.10 Å². The smallest absolute Gasteiger partial charge is 0.203 e. The lowest BCUT2D eigenvalue weighted by molar-refractivity contribution is -0.0375. The van der Waals surface area contributed by atoms with Gasteiger partial charge in [0.2, 0.25) is 5.75 Å². The van der Waals surface area contributed by atoms with Gasteiger partial charge in [0.05, 0.1) is 27.4 Å². The Labute approximate surface area is 152 Å². The molecule has 1 aliphatic carbocycles. The molecule has 3 atom stereocenters. The quantitative estimate of drug-likeness (QED) is 0.775. The maximum atomic E-state index is 6.59. The van der Waals surface area contributed by atoms with Crippen molar-refractivity contribution in [2.24, 2.45) is 0 Å². The fraction of sp³-hybridized carbons (Fsp3) is 0.500. The number of ether oxygens (including phenoxy) is 4. The van der Waals surface area contributed by atoms with E-state index in [0.29, 0.717) is 29.3 Å². The van der Waals surface area contributed by atoms with Crippen LogP contribution in [0.4, 0.5) is 0 Å². The second-order valence-electron chi connectivity index (χ2n) is 6.64. The van der Waals surface area contributed by atoms with E-state index in [2.05, 4.69) is 11.4 Å². The van der Waals surface area contributed by atoms with Gasteiger partial charge in [0.15, 0.2) is 11.5 Å². The highest BCUT2D eigenvalue weighted by molar-refractivity contribution is 7.10. The number of fused-ring (bicyclic) bond motifs is 3. The van der Waals surface area contributed by atoms with Crippen LogP contribution in [-0.2, 0) is 4.74 Å². The summed E-state index contributed by atoms with van der Waals surface area (Å²) in [4.78, 5) is 1.50. The summed E-state index contributed by atoms with van der Waals surface area (Å²) in [5.41, 5.74) is 2.35. The number of rotatable bonds is 4. The zero-order valence-electron chi connectivity index (χ0n) is 14.9. The monoisotopic (exact) mass is 360 g/mol. The Hall–Kier alpha value is -1.72. The Bertz CT molecular complexity index is 729. The van der Waals surface area contributed by atoms with Crippen LogP contribution in [-0.4, -0.2) is 27.4 Å². The van der Waals surface area contributed by atoms with Crippen LogP contribution in [0.25, 0.3) is 0 Å². The molecule has 0 unspecified atom stereocenters. The number of thiophene rings is 1. The SMILES string of the molecule is COc1cc([C@H]2O[C@H]3CCCC[C@H]3c3sccc32)cc(OC)c1OC. The molecule has 0 N–H and O–H groups in total. The summed E-state index contributed by atoms with van der Waals surface area (Å²) in [6.07, 6.45) is 5.17. The maximum Gasteiger partial charge on any atom is 0.203 e. The zero-order chi connectivity index (χ0) is 17.4. The predicted octanol–water partition coefficient (Wildman–Crippen LogP) is 4.92. The minimum atomic E-state index is -0.0747. The van der Waals surface area contributed by atoms with E-state index in [9.17, 15) is 0 Å². The second kappa shape index (κ2) is 6.89. The summed E-state index contributed by atoms with van der Waals surface area (Å²) >= 11 is 1.87. The average Bonchev–Trinajstić information content (AvgIpc) is 3.16. The van der Waals surface area contributed by atoms with Crippen molar-refractivity contribution in [1.82, 2.24) is 0 Å². The van der Waals surface area contributed by atoms with Crippen LogP contribution in [0.2, 0.25) is 0 Å². The van der Waals surface area contributed by atoms with Crippen molar-refractivity contribution >= 4 is 11.3 Å². The minimum absolute atomic E-state index is 0.0747. The molecule has 4 rings (SSSR count). The highest BCUT2D eigenvalue weighted by Gasteiger charge is 2.39. The largest absolute Gasteiger partial charge is 0.493 e. The molecule has 134 valence electrons. The molecule has 0 bridgehead atoms. The first-order valence-corrected chi connectivity index (χ1v) is 9.67. The van der Waals surface area contributed by atoms with Crippen molar-refractivity contribution in [3.05, 3.63) is 39.6 Å². The van der Waals surface area contributed by atoms with Crippen LogP contribution >= 0.6 is 11.3 Å². The van der Waals surface area contributed by atoms with Gasteiger partial charge in [-0.1, -0.05) is 12.8 Å². The third-order valence-corrected chi connectivity index (χ3v) is 6.41. The molecule has 2 aromatic rings. The first-order chi connectivity index (χ1) is 12.3. The highest BCUT2D eigenvalue weighted by Crippen LogP contribution is 2.50. The van der Waals surface area contributed by atoms with E-state index < -0.39 is 0 Å². The van der Waals surface area contributed by atoms with Crippen LogP contribution in [0.3, 0.4) is 0 Å². The molecule has 5 heteroatoms. The van der Waals surface area contributed by atoms with Gasteiger partial charge >= 0.3 is 0 Å². The van der Waals surface area contributed by atoms with E-state index in [4.69, 9.17) is 18.9 Å². The maximum absolute atomic E-state index is 6.59. The fourth-order valence-electron chi connectivity index (χ4n) is 4.17. The van der Waals surface area contributed by atoms with Crippen molar-refractivity contribution in [3.8, 4) is 17.2 Å². The Morgan fingerprint density at radius 3 is 2.40 bits per heavy atom. The van der Waals surface area contributed by atoms with Crippen molar-refractivity contribution in [1.29, 1.82) is 0 Å². The van der Waals surface area contributed by atoms with Crippen molar-refractivity contribution < 1.29 is 18.9 Å². The van der Waals surface area contributed by atoms with Gasteiger partial charge in [-0.15, -0.1) is 11.3 Å². The van der Waals surface area contributed by atoms with Crippen LogP contribution in [0.1, 0.15) is 53.7 Å². The van der Waals surface area contributed by atoms with Gasteiger partial charge < -0.3 is 18.9 Å². The van der Waals surface area contributed by atoms with Crippen LogP contribution in [0.5, 0.6) is 17.2 Å². The first kappa shape index (κ1) is 16.7. The lowest BCUT2D eigenvalue weighted by Crippen LogP contribution is -2.32. The summed E-state index contributed by atoms with van der Waals surface area (Å²) in [5, 5.41) is 2.19. The molecular weight excluding hydrogens is 336 g/mol. The molecule has 4 nitrogen and oxygen atoms in total. The van der Waals surface area contributed by atoms with Crippen LogP contribution in [0.15, 0.2) is 23.6 Å². The Balaban J connectivity index is 1.79. The molecule has 0 saturated heterocycles. The standard InChI is InChI=1S/C20H24O4S/c1-21-16-10-12(11-17(22-2)19(16)23-3)18-14-8-9-25-20(14)13-6-4-5-7-15(13)24-18/h8-11,13,15,18H,4-7H2,1-3H3/t13-,15+,18-/m1/s1. The summed E-state index contributed by atoms with van der Waals surface area (Å²) in [5.74, 6) is 2.51. The van der Waals surface area contributed by atoms with Gasteiger partial charge in [0.1, 0.15) is 6.10 Å². The van der Waals surface area contributed by atoms with Crippen LogP contribution < -0.4 is 14.2 Å². The molecule has 1 aliphatic heterocycles. The highest BCUT2D eigenvalue weighted by atomic mass is 32.1. The Kier molecular flexibility index (Phi) is 4.61. The van der Waals surface area contributed by atoms with Crippen LogP contribution in [0, 0.1) is 0 Å². The van der Waals surface area contributed by atoms with Gasteiger partial charge in [-0.05, 0) is 47.5 Å². The van der Waals surface area contributed by atoms with Gasteiger partial charge in [0.25, 0.3) is 0 Å². The molecule has 0 radical (unpaired) electrons. The summed E-state index contributed by atoms with van der Waals surface area (Å²) in [7, 11) is 4.92. The van der Waals surface area contributed by atoms with Crippen molar-refractivity contribution in [2.45, 2.75) is 43.8 Å². The molecule has 1 saturated carbocycles. The molecule has 0 amide bonds. The third kappa shape index (κ3) is 2.79. The van der Waals surface area contributed by atoms with E-state index in [1.54, 1.807) is 21.3 Å².